The molecule has 1 aromatic rings. The Bertz CT molecular complexity index is 841. The summed E-state index contributed by atoms with van der Waals surface area (Å²) in [7, 11) is 0. The number of nitrogens with zero attached hydrogens (tertiary/aromatic N) is 1. The lowest BCUT2D eigenvalue weighted by Gasteiger charge is -2.18. The molecule has 4 unspecified atom stereocenters. The van der Waals surface area contributed by atoms with Crippen molar-refractivity contribution in [2.24, 2.45) is 28.9 Å². The van der Waals surface area contributed by atoms with Crippen molar-refractivity contribution in [3.8, 4) is 0 Å². The van der Waals surface area contributed by atoms with E-state index in [1.807, 2.05) is 30.3 Å². The van der Waals surface area contributed by atoms with Crippen LogP contribution in [0, 0.1) is 23.2 Å². The normalized spacial score (nSPS) is 37.7. The smallest absolute Gasteiger partial charge is 0.369 e. The third kappa shape index (κ3) is 2.67. The molecule has 1 heterocycles. The second kappa shape index (κ2) is 5.97. The minimum Gasteiger partial charge on any atom is -0.369 e. The summed E-state index contributed by atoms with van der Waals surface area (Å²) < 4.78 is -0.840. The van der Waals surface area contributed by atoms with Crippen molar-refractivity contribution >= 4 is 23.6 Å². The standard InChI is InChI=1S/C11H12N2O3.C8H9NO2/c14-10-8-13(16,11(15)12-10)7-6-9-4-2-1-3-5-9;9-7(11)8-2-3-1-4(8)5(8)6(3)10/h1-5,16H,6-8H2;3-5H,1-2H2,(H2,9,11)/p+1/t13-;/m1./s1. The lowest BCUT2D eigenvalue weighted by molar-refractivity contribution is -1.03. The maximum absolute atomic E-state index is 11.3. The molecule has 4 bridgehead atoms. The number of primary amides is 1. The zero-order valence-electron chi connectivity index (χ0n) is 14.8. The van der Waals surface area contributed by atoms with Gasteiger partial charge in [0.1, 0.15) is 12.3 Å². The molecule has 5 atom stereocenters. The molecular weight excluding hydrogens is 350 g/mol. The van der Waals surface area contributed by atoms with E-state index in [1.165, 1.54) is 0 Å². The van der Waals surface area contributed by atoms with Crippen LogP contribution in [0.3, 0.4) is 0 Å². The fourth-order valence-electron chi connectivity index (χ4n) is 5.01. The van der Waals surface area contributed by atoms with Gasteiger partial charge in [-0.2, -0.15) is 0 Å². The summed E-state index contributed by atoms with van der Waals surface area (Å²) in [5.41, 5.74) is 5.95. The number of carbonyl (C=O) groups excluding carboxylic acids is 4. The molecule has 0 radical (unpaired) electrons. The molecule has 6 rings (SSSR count). The van der Waals surface area contributed by atoms with Crippen molar-refractivity contribution in [2.45, 2.75) is 19.3 Å². The summed E-state index contributed by atoms with van der Waals surface area (Å²) in [5.74, 6) is 0.232. The third-order valence-corrected chi connectivity index (χ3v) is 6.44. The number of imide groups is 1. The summed E-state index contributed by atoms with van der Waals surface area (Å²) in [5, 5.41) is 12.0. The number of nitrogens with one attached hydrogen (secondary N) is 1. The van der Waals surface area contributed by atoms with Gasteiger partial charge in [0, 0.05) is 18.3 Å². The van der Waals surface area contributed by atoms with Crippen molar-refractivity contribution in [2.75, 3.05) is 13.1 Å². The largest absolute Gasteiger partial charge is 0.456 e. The van der Waals surface area contributed by atoms with E-state index in [4.69, 9.17) is 5.73 Å². The number of nitrogens with two attached hydrogens (primary N) is 1. The van der Waals surface area contributed by atoms with Gasteiger partial charge < -0.3 is 5.73 Å². The highest BCUT2D eigenvalue weighted by atomic mass is 16.6. The molecule has 8 heteroatoms. The first-order chi connectivity index (χ1) is 12.8. The lowest BCUT2D eigenvalue weighted by Crippen LogP contribution is -2.48. The van der Waals surface area contributed by atoms with Crippen LogP contribution in [0.2, 0.25) is 0 Å². The maximum atomic E-state index is 11.3. The molecule has 1 aromatic carbocycles. The predicted octanol–water partition coefficient (Wildman–Crippen LogP) is 0.382. The molecule has 142 valence electrons. The van der Waals surface area contributed by atoms with E-state index in [2.05, 4.69) is 5.32 Å². The van der Waals surface area contributed by atoms with Crippen LogP contribution in [0.15, 0.2) is 30.3 Å². The molecule has 0 aromatic heterocycles. The molecule has 4 aliphatic carbocycles. The lowest BCUT2D eigenvalue weighted by atomic mass is 10.0. The van der Waals surface area contributed by atoms with Gasteiger partial charge in [-0.05, 0) is 24.3 Å². The van der Waals surface area contributed by atoms with E-state index in [1.54, 1.807) is 0 Å². The Kier molecular flexibility index (Phi) is 3.94. The van der Waals surface area contributed by atoms with Gasteiger partial charge in [0.05, 0.1) is 5.41 Å². The second-order valence-electron chi connectivity index (χ2n) is 7.92. The Morgan fingerprint density at radius 1 is 1.26 bits per heavy atom. The molecule has 4 N–H and O–H groups in total. The topological polar surface area (TPSA) is 127 Å². The van der Waals surface area contributed by atoms with E-state index in [0.717, 1.165) is 18.4 Å². The average Bonchev–Trinajstić information content (AvgIpc) is 2.97. The molecule has 4 amide bonds. The van der Waals surface area contributed by atoms with Gasteiger partial charge in [0.15, 0.2) is 6.54 Å². The fourth-order valence-corrected chi connectivity index (χ4v) is 5.01. The van der Waals surface area contributed by atoms with E-state index in [9.17, 15) is 24.4 Å². The molecule has 1 aliphatic heterocycles. The van der Waals surface area contributed by atoms with Crippen LogP contribution in [0.1, 0.15) is 18.4 Å². The van der Waals surface area contributed by atoms with Crippen molar-refractivity contribution in [3.63, 3.8) is 0 Å². The van der Waals surface area contributed by atoms with Crippen molar-refractivity contribution in [1.29, 1.82) is 0 Å². The summed E-state index contributed by atoms with van der Waals surface area (Å²) in [4.78, 5) is 44.6. The van der Waals surface area contributed by atoms with Crippen LogP contribution in [0.25, 0.3) is 0 Å². The number of quaternary nitrogens is 1. The highest BCUT2D eigenvalue weighted by Crippen LogP contribution is 2.77. The number of ketones is 1. The summed E-state index contributed by atoms with van der Waals surface area (Å²) in [6, 6.07) is 8.89. The third-order valence-electron chi connectivity index (χ3n) is 6.44. The Labute approximate surface area is 155 Å². The minimum absolute atomic E-state index is 0.0463. The average molecular weight is 372 g/mol. The molecule has 4 saturated carbocycles. The Balaban J connectivity index is 0.000000141. The molecule has 8 nitrogen and oxygen atoms in total. The van der Waals surface area contributed by atoms with Gasteiger partial charge in [0.25, 0.3) is 5.91 Å². The van der Waals surface area contributed by atoms with Crippen LogP contribution in [0.5, 0.6) is 0 Å². The number of carbonyl (C=O) groups is 4. The number of amides is 4. The van der Waals surface area contributed by atoms with Crippen LogP contribution in [0.4, 0.5) is 4.79 Å². The molecule has 0 spiro atoms. The van der Waals surface area contributed by atoms with Crippen LogP contribution in [-0.4, -0.2) is 46.6 Å². The number of benzene rings is 1. The first kappa shape index (κ1) is 17.8. The first-order valence-corrected chi connectivity index (χ1v) is 9.10. The van der Waals surface area contributed by atoms with Gasteiger partial charge in [-0.25, -0.2) is 15.3 Å². The number of hydrogen-bond donors (Lipinski definition) is 3. The molecule has 1 saturated heterocycles. The monoisotopic (exact) mass is 372 g/mol. The van der Waals surface area contributed by atoms with Gasteiger partial charge in [-0.15, -0.1) is 0 Å². The highest BCUT2D eigenvalue weighted by molar-refractivity contribution is 6.04. The van der Waals surface area contributed by atoms with Crippen molar-refractivity contribution < 1.29 is 29.0 Å². The highest BCUT2D eigenvalue weighted by Gasteiger charge is 2.82. The zero-order valence-corrected chi connectivity index (χ0v) is 14.8. The minimum atomic E-state index is -0.840. The van der Waals surface area contributed by atoms with E-state index < -0.39 is 16.6 Å². The Morgan fingerprint density at radius 2 is 1.96 bits per heavy atom. The number of hydrogen-bond acceptors (Lipinski definition) is 5. The number of rotatable bonds is 4. The summed E-state index contributed by atoms with van der Waals surface area (Å²) >= 11 is 0. The number of hydroxylamine groups is 3. The van der Waals surface area contributed by atoms with Gasteiger partial charge >= 0.3 is 6.03 Å². The summed E-state index contributed by atoms with van der Waals surface area (Å²) in [6.07, 6.45) is 2.25. The zero-order chi connectivity index (χ0) is 19.4. The second-order valence-corrected chi connectivity index (χ2v) is 7.92. The van der Waals surface area contributed by atoms with E-state index in [0.29, 0.717) is 18.1 Å². The first-order valence-electron chi connectivity index (χ1n) is 9.10. The quantitative estimate of drug-likeness (QED) is 0.400. The van der Waals surface area contributed by atoms with Crippen molar-refractivity contribution in [1.82, 2.24) is 5.32 Å². The SMILES string of the molecule is NC(=O)C12CC3CC1C2C3=O.O=C1C[N@+](O)(CCc2ccccc2)C(=O)N1. The Morgan fingerprint density at radius 3 is 2.37 bits per heavy atom. The van der Waals surface area contributed by atoms with Gasteiger partial charge in [0.2, 0.25) is 5.91 Å². The van der Waals surface area contributed by atoms with Crippen LogP contribution in [-0.2, 0) is 20.8 Å². The van der Waals surface area contributed by atoms with Gasteiger partial charge in [-0.3, -0.25) is 14.4 Å². The molecule has 5 fully saturated rings. The summed E-state index contributed by atoms with van der Waals surface area (Å²) in [6.45, 7) is 0.0211. The van der Waals surface area contributed by atoms with Crippen molar-refractivity contribution in [3.05, 3.63) is 35.9 Å². The van der Waals surface area contributed by atoms with Gasteiger partial charge in [-0.1, -0.05) is 35.0 Å². The molecular formula is C19H22N3O5+. The van der Waals surface area contributed by atoms with Crippen LogP contribution < -0.4 is 11.1 Å². The Hall–Kier alpha value is -2.58. The number of Topliss-reactive ketones (excluding diaryl/α,β-unsaturated/α-hetero) is 1. The van der Waals surface area contributed by atoms with Crippen LogP contribution >= 0.6 is 0 Å². The molecule has 5 aliphatic rings. The van der Waals surface area contributed by atoms with E-state index in [-0.39, 0.29) is 36.2 Å². The molecule has 27 heavy (non-hydrogen) atoms. The fraction of sp³-hybridized carbons (Fsp3) is 0.474. The number of urea groups is 1. The van der Waals surface area contributed by atoms with E-state index >= 15 is 0 Å². The maximum Gasteiger partial charge on any atom is 0.456 e. The predicted molar refractivity (Wildman–Crippen MR) is 91.8 cm³/mol.